The fourth-order valence-corrected chi connectivity index (χ4v) is 5.59. The van der Waals surface area contributed by atoms with Crippen LogP contribution in [0.3, 0.4) is 0 Å². The minimum atomic E-state index is -4.99. The quantitative estimate of drug-likeness (QED) is 0.469. The molecule has 0 unspecified atom stereocenters. The van der Waals surface area contributed by atoms with Crippen molar-refractivity contribution in [2.24, 2.45) is 0 Å². The molecule has 0 aliphatic heterocycles. The van der Waals surface area contributed by atoms with Crippen molar-refractivity contribution in [2.45, 2.75) is 49.0 Å². The average Bonchev–Trinajstić information content (AvgIpc) is 2.74. The number of halogens is 4. The van der Waals surface area contributed by atoms with Crippen LogP contribution in [0.4, 0.5) is 18.9 Å². The van der Waals surface area contributed by atoms with E-state index in [1.54, 1.807) is 18.3 Å². The number of aromatic nitrogens is 1. The maximum absolute atomic E-state index is 12.8. The van der Waals surface area contributed by atoms with E-state index in [-0.39, 0.29) is 12.1 Å². The highest BCUT2D eigenvalue weighted by Gasteiger charge is 2.35. The van der Waals surface area contributed by atoms with Crippen LogP contribution in [0.1, 0.15) is 25.7 Å². The smallest absolute Gasteiger partial charge is 0.404 e. The summed E-state index contributed by atoms with van der Waals surface area (Å²) < 4.78 is 69.9. The molecular weight excluding hydrogens is 479 g/mol. The second-order valence-electron chi connectivity index (χ2n) is 7.83. The van der Waals surface area contributed by atoms with Gasteiger partial charge in [0.15, 0.2) is 0 Å². The summed E-state index contributed by atoms with van der Waals surface area (Å²) >= 11 is 6.04. The maximum atomic E-state index is 12.8. The van der Waals surface area contributed by atoms with E-state index in [0.29, 0.717) is 30.7 Å². The maximum Gasteiger partial charge on any atom is 0.573 e. The number of anilines is 1. The number of benzene rings is 2. The lowest BCUT2D eigenvalue weighted by molar-refractivity contribution is -0.275. The van der Waals surface area contributed by atoms with Crippen LogP contribution in [0, 0.1) is 0 Å². The molecule has 6 nitrogen and oxygen atoms in total. The molecule has 4 rings (SSSR count). The lowest BCUT2D eigenvalue weighted by Crippen LogP contribution is -2.40. The number of pyridine rings is 1. The van der Waals surface area contributed by atoms with E-state index in [4.69, 9.17) is 11.6 Å². The fourth-order valence-electron chi connectivity index (χ4n) is 3.99. The zero-order valence-electron chi connectivity index (χ0n) is 17.3. The van der Waals surface area contributed by atoms with Gasteiger partial charge in [-0.3, -0.25) is 4.98 Å². The van der Waals surface area contributed by atoms with E-state index in [1.165, 1.54) is 12.1 Å². The van der Waals surface area contributed by atoms with Crippen molar-refractivity contribution in [3.8, 4) is 5.75 Å². The molecule has 1 fully saturated rings. The Kier molecular flexibility index (Phi) is 6.69. The number of ether oxygens (including phenoxy) is 1. The molecule has 0 radical (unpaired) electrons. The van der Waals surface area contributed by atoms with Crippen molar-refractivity contribution in [1.29, 1.82) is 0 Å². The number of alkyl halides is 3. The third-order valence-corrected chi connectivity index (χ3v) is 7.27. The van der Waals surface area contributed by atoms with Crippen molar-refractivity contribution >= 4 is 38.2 Å². The van der Waals surface area contributed by atoms with Gasteiger partial charge >= 0.3 is 6.36 Å². The van der Waals surface area contributed by atoms with Crippen LogP contribution in [-0.2, 0) is 10.0 Å². The Hall–Kier alpha value is -2.56. The minimum absolute atomic E-state index is 0.118. The van der Waals surface area contributed by atoms with Crippen LogP contribution in [0.2, 0.25) is 5.02 Å². The van der Waals surface area contributed by atoms with Crippen molar-refractivity contribution in [1.82, 2.24) is 9.71 Å². The van der Waals surface area contributed by atoms with Crippen molar-refractivity contribution in [3.63, 3.8) is 0 Å². The minimum Gasteiger partial charge on any atom is -0.404 e. The van der Waals surface area contributed by atoms with Gasteiger partial charge in [0.25, 0.3) is 0 Å². The first-order chi connectivity index (χ1) is 15.6. The van der Waals surface area contributed by atoms with E-state index in [0.717, 1.165) is 28.7 Å². The lowest BCUT2D eigenvalue weighted by Gasteiger charge is -2.30. The normalized spacial score (nSPS) is 19.4. The molecule has 2 N–H and O–H groups in total. The fraction of sp³-hybridized carbons (Fsp3) is 0.318. The third-order valence-electron chi connectivity index (χ3n) is 5.48. The molecule has 176 valence electrons. The van der Waals surface area contributed by atoms with E-state index < -0.39 is 27.0 Å². The number of rotatable bonds is 6. The van der Waals surface area contributed by atoms with Gasteiger partial charge < -0.3 is 10.1 Å². The molecule has 1 aromatic heterocycles. The first-order valence-corrected chi connectivity index (χ1v) is 12.1. The standard InChI is InChI=1S/C22H21ClF3N3O3S/c23-14-5-10-17-18(11-12-27-19(17)13-14)28-15-6-8-16(9-7-15)29-33(30,31)21-4-2-1-3-20(21)32-22(24,25)26/h1-5,10-13,15-16,29H,6-9H2,(H,27,28). The average molecular weight is 500 g/mol. The van der Waals surface area contributed by atoms with Crippen LogP contribution < -0.4 is 14.8 Å². The van der Waals surface area contributed by atoms with Crippen LogP contribution in [0.5, 0.6) is 5.75 Å². The van der Waals surface area contributed by atoms with Gasteiger partial charge in [-0.05, 0) is 62.1 Å². The molecule has 1 aliphatic rings. The molecule has 0 spiro atoms. The number of para-hydroxylation sites is 1. The van der Waals surface area contributed by atoms with Gasteiger partial charge in [-0.25, -0.2) is 13.1 Å². The van der Waals surface area contributed by atoms with Crippen LogP contribution in [-0.4, -0.2) is 31.8 Å². The van der Waals surface area contributed by atoms with Gasteiger partial charge in [0.1, 0.15) is 10.6 Å². The summed E-state index contributed by atoms with van der Waals surface area (Å²) in [6, 6.07) is 11.8. The van der Waals surface area contributed by atoms with Crippen LogP contribution in [0.15, 0.2) is 59.6 Å². The zero-order chi connectivity index (χ0) is 23.6. The van der Waals surface area contributed by atoms with E-state index >= 15 is 0 Å². The van der Waals surface area contributed by atoms with Crippen molar-refractivity contribution in [2.75, 3.05) is 5.32 Å². The zero-order valence-corrected chi connectivity index (χ0v) is 18.8. The third kappa shape index (κ3) is 5.87. The number of hydrogen-bond donors (Lipinski definition) is 2. The summed E-state index contributed by atoms with van der Waals surface area (Å²) in [7, 11) is -4.19. The van der Waals surface area contributed by atoms with Crippen molar-refractivity contribution < 1.29 is 26.3 Å². The summed E-state index contributed by atoms with van der Waals surface area (Å²) in [5.74, 6) is -0.752. The Bertz CT molecular complexity index is 1250. The molecule has 0 atom stereocenters. The van der Waals surface area contributed by atoms with E-state index in [1.807, 2.05) is 12.1 Å². The topological polar surface area (TPSA) is 80.3 Å². The van der Waals surface area contributed by atoms with Crippen LogP contribution in [0.25, 0.3) is 10.9 Å². The number of sulfonamides is 1. The molecule has 0 saturated heterocycles. The van der Waals surface area contributed by atoms with E-state index in [2.05, 4.69) is 19.8 Å². The summed E-state index contributed by atoms with van der Waals surface area (Å²) in [6.07, 6.45) is -0.850. The Labute approximate surface area is 194 Å². The van der Waals surface area contributed by atoms with Gasteiger partial charge in [0.2, 0.25) is 10.0 Å². The number of fused-ring (bicyclic) bond motifs is 1. The lowest BCUT2D eigenvalue weighted by atomic mass is 9.91. The number of nitrogens with zero attached hydrogens (tertiary/aromatic N) is 1. The van der Waals surface area contributed by atoms with Gasteiger partial charge in [0.05, 0.1) is 5.52 Å². The Morgan fingerprint density at radius 3 is 2.42 bits per heavy atom. The van der Waals surface area contributed by atoms with Crippen molar-refractivity contribution in [3.05, 3.63) is 59.8 Å². The molecule has 2 aromatic carbocycles. The second-order valence-corrected chi connectivity index (χ2v) is 9.95. The second kappa shape index (κ2) is 9.36. The van der Waals surface area contributed by atoms with E-state index in [9.17, 15) is 21.6 Å². The summed E-state index contributed by atoms with van der Waals surface area (Å²) in [6.45, 7) is 0. The SMILES string of the molecule is O=S(=O)(NC1CCC(Nc2ccnc3cc(Cl)ccc23)CC1)c1ccccc1OC(F)(F)F. The molecule has 1 aliphatic carbocycles. The molecule has 1 heterocycles. The Morgan fingerprint density at radius 1 is 1.00 bits per heavy atom. The Morgan fingerprint density at radius 2 is 1.70 bits per heavy atom. The Balaban J connectivity index is 1.40. The summed E-state index contributed by atoms with van der Waals surface area (Å²) in [5.41, 5.74) is 1.69. The predicted octanol–water partition coefficient (Wildman–Crippen LogP) is 5.49. The largest absolute Gasteiger partial charge is 0.573 e. The number of nitrogens with one attached hydrogen (secondary N) is 2. The summed E-state index contributed by atoms with van der Waals surface area (Å²) in [5, 5.41) is 5.02. The first-order valence-electron chi connectivity index (χ1n) is 10.3. The molecule has 1 saturated carbocycles. The molecule has 0 amide bonds. The monoisotopic (exact) mass is 499 g/mol. The predicted molar refractivity (Wildman–Crippen MR) is 120 cm³/mol. The summed E-state index contributed by atoms with van der Waals surface area (Å²) in [4.78, 5) is 3.79. The first kappa shape index (κ1) is 23.6. The molecule has 11 heteroatoms. The highest BCUT2D eigenvalue weighted by molar-refractivity contribution is 7.89. The number of hydrogen-bond acceptors (Lipinski definition) is 5. The van der Waals surface area contributed by atoms with Gasteiger partial charge in [-0.15, -0.1) is 13.2 Å². The van der Waals surface area contributed by atoms with Gasteiger partial charge in [0, 0.05) is 34.4 Å². The highest BCUT2D eigenvalue weighted by atomic mass is 35.5. The van der Waals surface area contributed by atoms with Gasteiger partial charge in [-0.1, -0.05) is 23.7 Å². The molecule has 0 bridgehead atoms. The molecule has 33 heavy (non-hydrogen) atoms. The van der Waals surface area contributed by atoms with Crippen LogP contribution >= 0.6 is 11.6 Å². The highest BCUT2D eigenvalue weighted by Crippen LogP contribution is 2.31. The molecule has 3 aromatic rings. The van der Waals surface area contributed by atoms with Gasteiger partial charge in [-0.2, -0.15) is 0 Å². The molecular formula is C22H21ClF3N3O3S.